The van der Waals surface area contributed by atoms with E-state index in [9.17, 15) is 16.8 Å². The van der Waals surface area contributed by atoms with Gasteiger partial charge in [0.15, 0.2) is 0 Å². The van der Waals surface area contributed by atoms with Gasteiger partial charge in [-0.25, -0.2) is 21.6 Å². The predicted molar refractivity (Wildman–Crippen MR) is 68.1 cm³/mol. The average molecular weight is 283 g/mol. The van der Waals surface area contributed by atoms with Crippen molar-refractivity contribution < 1.29 is 16.8 Å². The molecule has 5 nitrogen and oxygen atoms in total. The number of rotatable bonds is 5. The van der Waals surface area contributed by atoms with Gasteiger partial charge >= 0.3 is 0 Å². The SMILES string of the molecule is CC1(C)CCC(NS(=O)(=O)CCS(C)(=O)=O)C1. The van der Waals surface area contributed by atoms with Gasteiger partial charge in [-0.3, -0.25) is 0 Å². The third kappa shape index (κ3) is 5.83. The topological polar surface area (TPSA) is 80.3 Å². The second kappa shape index (κ2) is 4.85. The van der Waals surface area contributed by atoms with Crippen LogP contribution in [0.3, 0.4) is 0 Å². The van der Waals surface area contributed by atoms with Crippen LogP contribution >= 0.6 is 0 Å². The third-order valence-corrected chi connectivity index (χ3v) is 5.68. The summed E-state index contributed by atoms with van der Waals surface area (Å²) in [4.78, 5) is 0. The largest absolute Gasteiger partial charge is 0.229 e. The van der Waals surface area contributed by atoms with Gasteiger partial charge in [-0.05, 0) is 24.7 Å². The highest BCUT2D eigenvalue weighted by molar-refractivity contribution is 7.93. The van der Waals surface area contributed by atoms with Crippen LogP contribution in [0.5, 0.6) is 0 Å². The van der Waals surface area contributed by atoms with Gasteiger partial charge in [0.05, 0.1) is 11.5 Å². The van der Waals surface area contributed by atoms with Crippen LogP contribution in [0.1, 0.15) is 33.1 Å². The zero-order chi connectivity index (χ0) is 13.3. The molecule has 0 bridgehead atoms. The summed E-state index contributed by atoms with van der Waals surface area (Å²) in [6.45, 7) is 4.22. The highest BCUT2D eigenvalue weighted by Gasteiger charge is 2.33. The summed E-state index contributed by atoms with van der Waals surface area (Å²) in [6.07, 6.45) is 3.67. The lowest BCUT2D eigenvalue weighted by Gasteiger charge is -2.17. The number of sulfone groups is 1. The molecule has 0 aromatic heterocycles. The lowest BCUT2D eigenvalue weighted by molar-refractivity contribution is 0.372. The van der Waals surface area contributed by atoms with E-state index in [1.54, 1.807) is 0 Å². The van der Waals surface area contributed by atoms with Crippen LogP contribution in [0.15, 0.2) is 0 Å². The summed E-state index contributed by atoms with van der Waals surface area (Å²) in [7, 11) is -6.71. The van der Waals surface area contributed by atoms with Crippen molar-refractivity contribution in [3.05, 3.63) is 0 Å². The monoisotopic (exact) mass is 283 g/mol. The Morgan fingerprint density at radius 3 is 2.18 bits per heavy atom. The molecule has 0 aliphatic heterocycles. The molecule has 0 amide bonds. The molecule has 0 radical (unpaired) electrons. The van der Waals surface area contributed by atoms with E-state index in [0.29, 0.717) is 0 Å². The van der Waals surface area contributed by atoms with E-state index in [1.165, 1.54) is 0 Å². The Morgan fingerprint density at radius 1 is 1.18 bits per heavy atom. The van der Waals surface area contributed by atoms with Gasteiger partial charge < -0.3 is 0 Å². The highest BCUT2D eigenvalue weighted by atomic mass is 32.2. The van der Waals surface area contributed by atoms with Crippen LogP contribution in [0.25, 0.3) is 0 Å². The molecule has 1 unspecified atom stereocenters. The van der Waals surface area contributed by atoms with Crippen LogP contribution in [0, 0.1) is 5.41 Å². The van der Waals surface area contributed by atoms with Crippen molar-refractivity contribution in [2.45, 2.75) is 39.2 Å². The summed E-state index contributed by atoms with van der Waals surface area (Å²) < 4.78 is 47.8. The molecule has 1 atom stereocenters. The third-order valence-electron chi connectivity index (χ3n) is 3.04. The zero-order valence-electron chi connectivity index (χ0n) is 10.6. The van der Waals surface area contributed by atoms with Gasteiger partial charge in [0, 0.05) is 12.3 Å². The molecule has 1 saturated carbocycles. The van der Waals surface area contributed by atoms with Gasteiger partial charge in [0.2, 0.25) is 10.0 Å². The van der Waals surface area contributed by atoms with E-state index in [2.05, 4.69) is 18.6 Å². The van der Waals surface area contributed by atoms with Crippen LogP contribution in [-0.2, 0) is 19.9 Å². The standard InChI is InChI=1S/C10H21NO4S2/c1-10(2)5-4-9(8-10)11-17(14,15)7-6-16(3,12)13/h9,11H,4-8H2,1-3H3. The number of nitrogens with one attached hydrogen (secondary N) is 1. The lowest BCUT2D eigenvalue weighted by Crippen LogP contribution is -2.36. The highest BCUT2D eigenvalue weighted by Crippen LogP contribution is 2.37. The molecule has 0 aromatic rings. The molecule has 0 spiro atoms. The summed E-state index contributed by atoms with van der Waals surface area (Å²) >= 11 is 0. The first-order valence-corrected chi connectivity index (χ1v) is 9.38. The number of hydrogen-bond donors (Lipinski definition) is 1. The first-order chi connectivity index (χ1) is 7.49. The second-order valence-corrected chi connectivity index (χ2v) is 9.80. The molecule has 1 N–H and O–H groups in total. The Balaban J connectivity index is 2.51. The van der Waals surface area contributed by atoms with Gasteiger partial charge in [-0.1, -0.05) is 13.8 Å². The van der Waals surface area contributed by atoms with Crippen molar-refractivity contribution in [1.82, 2.24) is 4.72 Å². The Labute approximate surface area is 104 Å². The van der Waals surface area contributed by atoms with Gasteiger partial charge in [0.25, 0.3) is 0 Å². The van der Waals surface area contributed by atoms with Crippen LogP contribution < -0.4 is 4.72 Å². The minimum atomic E-state index is -3.48. The number of sulfonamides is 1. The fourth-order valence-electron chi connectivity index (χ4n) is 2.11. The first-order valence-electron chi connectivity index (χ1n) is 5.67. The summed E-state index contributed by atoms with van der Waals surface area (Å²) in [5.74, 6) is -0.665. The van der Waals surface area contributed by atoms with Crippen molar-refractivity contribution in [3.8, 4) is 0 Å². The van der Waals surface area contributed by atoms with Crippen LogP contribution in [0.4, 0.5) is 0 Å². The normalized spacial score (nSPS) is 25.0. The van der Waals surface area contributed by atoms with Crippen LogP contribution in [-0.4, -0.2) is 40.6 Å². The Bertz CT molecular complexity index is 465. The molecule has 0 aromatic carbocycles. The molecule has 0 heterocycles. The lowest BCUT2D eigenvalue weighted by atomic mass is 9.92. The van der Waals surface area contributed by atoms with Crippen molar-refractivity contribution in [3.63, 3.8) is 0 Å². The van der Waals surface area contributed by atoms with E-state index >= 15 is 0 Å². The molecular weight excluding hydrogens is 262 g/mol. The Hall–Kier alpha value is -0.140. The maximum atomic E-state index is 11.7. The van der Waals surface area contributed by atoms with Crippen molar-refractivity contribution in [1.29, 1.82) is 0 Å². The minimum Gasteiger partial charge on any atom is -0.229 e. The summed E-state index contributed by atoms with van der Waals surface area (Å²) in [6, 6.07) is -0.0467. The maximum absolute atomic E-state index is 11.7. The fourth-order valence-corrected chi connectivity index (χ4v) is 5.03. The number of hydrogen-bond acceptors (Lipinski definition) is 4. The van der Waals surface area contributed by atoms with E-state index in [1.807, 2.05) is 0 Å². The van der Waals surface area contributed by atoms with E-state index in [0.717, 1.165) is 25.5 Å². The van der Waals surface area contributed by atoms with E-state index in [-0.39, 0.29) is 23.0 Å². The summed E-state index contributed by atoms with van der Waals surface area (Å²) in [5, 5.41) is 0. The minimum absolute atomic E-state index is 0.0467. The predicted octanol–water partition coefficient (Wildman–Crippen LogP) is 0.529. The maximum Gasteiger partial charge on any atom is 0.212 e. The second-order valence-electron chi connectivity index (χ2n) is 5.67. The summed E-state index contributed by atoms with van der Waals surface area (Å²) in [5.41, 5.74) is 0.171. The zero-order valence-corrected chi connectivity index (χ0v) is 12.2. The van der Waals surface area contributed by atoms with E-state index in [4.69, 9.17) is 0 Å². The quantitative estimate of drug-likeness (QED) is 0.798. The van der Waals surface area contributed by atoms with Crippen molar-refractivity contribution in [2.24, 2.45) is 5.41 Å². The Kier molecular flexibility index (Phi) is 4.26. The first kappa shape index (κ1) is 14.9. The van der Waals surface area contributed by atoms with Gasteiger partial charge in [-0.15, -0.1) is 0 Å². The average Bonchev–Trinajstić information content (AvgIpc) is 2.40. The van der Waals surface area contributed by atoms with Crippen molar-refractivity contribution >= 4 is 19.9 Å². The van der Waals surface area contributed by atoms with Crippen molar-refractivity contribution in [2.75, 3.05) is 17.8 Å². The Morgan fingerprint density at radius 2 is 1.76 bits per heavy atom. The molecular formula is C10H21NO4S2. The molecule has 1 aliphatic carbocycles. The van der Waals surface area contributed by atoms with Gasteiger partial charge in [0.1, 0.15) is 9.84 Å². The molecule has 0 saturated heterocycles. The molecule has 1 aliphatic rings. The molecule has 7 heteroatoms. The molecule has 102 valence electrons. The van der Waals surface area contributed by atoms with E-state index < -0.39 is 19.9 Å². The molecule has 1 fully saturated rings. The fraction of sp³-hybridized carbons (Fsp3) is 1.00. The smallest absolute Gasteiger partial charge is 0.212 e. The molecule has 1 rings (SSSR count). The van der Waals surface area contributed by atoms with Gasteiger partial charge in [-0.2, -0.15) is 0 Å². The van der Waals surface area contributed by atoms with Crippen LogP contribution in [0.2, 0.25) is 0 Å². The molecule has 17 heavy (non-hydrogen) atoms.